The van der Waals surface area contributed by atoms with E-state index in [-0.39, 0.29) is 17.2 Å². The Morgan fingerprint density at radius 2 is 2.23 bits per heavy atom. The molecule has 0 radical (unpaired) electrons. The fourth-order valence-corrected chi connectivity index (χ4v) is 4.67. The van der Waals surface area contributed by atoms with E-state index in [1.54, 1.807) is 11.3 Å². The number of amides is 1. The molecule has 0 unspecified atom stereocenters. The number of rotatable bonds is 5. The number of thiophene rings is 1. The van der Waals surface area contributed by atoms with E-state index >= 15 is 0 Å². The molecule has 0 aromatic carbocycles. The number of nitrogens with one attached hydrogen (secondary N) is 2. The topological polar surface area (TPSA) is 74.8 Å². The summed E-state index contributed by atoms with van der Waals surface area (Å²) < 4.78 is 0. The zero-order chi connectivity index (χ0) is 15.5. The number of aryl methyl sites for hydroxylation is 2. The van der Waals surface area contributed by atoms with Crippen molar-refractivity contribution in [3.8, 4) is 0 Å². The van der Waals surface area contributed by atoms with Gasteiger partial charge in [0.1, 0.15) is 4.83 Å². The third-order valence-corrected chi connectivity index (χ3v) is 5.77. The highest BCUT2D eigenvalue weighted by Gasteiger charge is 2.19. The Morgan fingerprint density at radius 1 is 1.41 bits per heavy atom. The van der Waals surface area contributed by atoms with E-state index in [0.29, 0.717) is 11.7 Å². The number of H-pyrrole nitrogens is 1. The summed E-state index contributed by atoms with van der Waals surface area (Å²) in [7, 11) is 0. The van der Waals surface area contributed by atoms with Gasteiger partial charge in [-0.05, 0) is 37.7 Å². The first-order valence-electron chi connectivity index (χ1n) is 7.63. The Kier molecular flexibility index (Phi) is 4.83. The van der Waals surface area contributed by atoms with Crippen LogP contribution in [0.3, 0.4) is 0 Å². The standard InChI is InChI=1S/C15H19N3O2S2/c1-2-7-16-11(19)8-21-15-17-13(20)12-9-5-3-4-6-10(9)22-14(12)18-15/h2-8H2,1H3,(H,16,19)(H,17,18,20). The van der Waals surface area contributed by atoms with E-state index in [9.17, 15) is 9.59 Å². The van der Waals surface area contributed by atoms with Crippen LogP contribution in [0.1, 0.15) is 36.6 Å². The first kappa shape index (κ1) is 15.6. The molecular weight excluding hydrogens is 318 g/mol. The van der Waals surface area contributed by atoms with Crippen LogP contribution in [0, 0.1) is 0 Å². The number of hydrogen-bond acceptors (Lipinski definition) is 5. The SMILES string of the molecule is CCCNC(=O)CSc1nc2sc3c(c2c(=O)[nH]1)CCCC3. The van der Waals surface area contributed by atoms with Gasteiger partial charge in [-0.1, -0.05) is 18.7 Å². The van der Waals surface area contributed by atoms with Crippen molar-refractivity contribution < 1.29 is 4.79 Å². The second kappa shape index (κ2) is 6.83. The number of carbonyl (C=O) groups is 1. The maximum absolute atomic E-state index is 12.3. The monoisotopic (exact) mass is 337 g/mol. The zero-order valence-corrected chi connectivity index (χ0v) is 14.2. The Balaban J connectivity index is 1.81. The molecule has 2 aromatic rings. The van der Waals surface area contributed by atoms with Gasteiger partial charge in [-0.15, -0.1) is 11.3 Å². The van der Waals surface area contributed by atoms with E-state index in [4.69, 9.17) is 0 Å². The molecule has 7 heteroatoms. The molecule has 0 atom stereocenters. The molecule has 0 saturated carbocycles. The largest absolute Gasteiger partial charge is 0.355 e. The maximum Gasteiger partial charge on any atom is 0.260 e. The van der Waals surface area contributed by atoms with E-state index < -0.39 is 0 Å². The van der Waals surface area contributed by atoms with Gasteiger partial charge in [0, 0.05) is 11.4 Å². The van der Waals surface area contributed by atoms with Crippen LogP contribution >= 0.6 is 23.1 Å². The lowest BCUT2D eigenvalue weighted by atomic mass is 9.97. The van der Waals surface area contributed by atoms with Gasteiger partial charge in [0.05, 0.1) is 11.1 Å². The summed E-state index contributed by atoms with van der Waals surface area (Å²) in [6, 6.07) is 0. The highest BCUT2D eigenvalue weighted by atomic mass is 32.2. The summed E-state index contributed by atoms with van der Waals surface area (Å²) in [5.74, 6) is 0.250. The Bertz CT molecular complexity index is 751. The highest BCUT2D eigenvalue weighted by Crippen LogP contribution is 2.34. The van der Waals surface area contributed by atoms with E-state index in [1.807, 2.05) is 6.92 Å². The minimum absolute atomic E-state index is 0.0277. The lowest BCUT2D eigenvalue weighted by Gasteiger charge is -2.09. The van der Waals surface area contributed by atoms with Gasteiger partial charge in [0.2, 0.25) is 5.91 Å². The van der Waals surface area contributed by atoms with Gasteiger partial charge in [0.25, 0.3) is 5.56 Å². The number of nitrogens with zero attached hydrogens (tertiary/aromatic N) is 1. The van der Waals surface area contributed by atoms with Crippen molar-refractivity contribution >= 4 is 39.2 Å². The van der Waals surface area contributed by atoms with Crippen molar-refractivity contribution in [2.45, 2.75) is 44.2 Å². The smallest absolute Gasteiger partial charge is 0.260 e. The van der Waals surface area contributed by atoms with Crippen LogP contribution in [-0.4, -0.2) is 28.2 Å². The Labute approximate surface area is 136 Å². The van der Waals surface area contributed by atoms with Crippen LogP contribution in [-0.2, 0) is 17.6 Å². The molecule has 118 valence electrons. The number of thioether (sulfide) groups is 1. The third kappa shape index (κ3) is 3.20. The predicted molar refractivity (Wildman–Crippen MR) is 90.9 cm³/mol. The minimum atomic E-state index is -0.0686. The van der Waals surface area contributed by atoms with Crippen LogP contribution in [0.25, 0.3) is 10.2 Å². The number of fused-ring (bicyclic) bond motifs is 3. The van der Waals surface area contributed by atoms with Gasteiger partial charge in [-0.25, -0.2) is 4.98 Å². The van der Waals surface area contributed by atoms with Gasteiger partial charge < -0.3 is 10.3 Å². The molecular formula is C15H19N3O2S2. The van der Waals surface area contributed by atoms with Crippen LogP contribution in [0.15, 0.2) is 9.95 Å². The maximum atomic E-state index is 12.3. The number of aromatic amines is 1. The average Bonchev–Trinajstić information content (AvgIpc) is 2.89. The predicted octanol–water partition coefficient (Wildman–Crippen LogP) is 2.48. The van der Waals surface area contributed by atoms with Crippen LogP contribution in [0.2, 0.25) is 0 Å². The fourth-order valence-electron chi connectivity index (χ4n) is 2.66. The molecule has 5 nitrogen and oxygen atoms in total. The van der Waals surface area contributed by atoms with Gasteiger partial charge in [0.15, 0.2) is 5.16 Å². The van der Waals surface area contributed by atoms with Crippen molar-refractivity contribution in [3.05, 3.63) is 20.8 Å². The summed E-state index contributed by atoms with van der Waals surface area (Å²) >= 11 is 2.91. The lowest BCUT2D eigenvalue weighted by Crippen LogP contribution is -2.25. The van der Waals surface area contributed by atoms with Gasteiger partial charge in [-0.2, -0.15) is 0 Å². The average molecular weight is 337 g/mol. The quantitative estimate of drug-likeness (QED) is 0.649. The summed E-state index contributed by atoms with van der Waals surface area (Å²) in [6.07, 6.45) is 5.28. The summed E-state index contributed by atoms with van der Waals surface area (Å²) in [4.78, 5) is 33.5. The highest BCUT2D eigenvalue weighted by molar-refractivity contribution is 7.99. The van der Waals surface area contributed by atoms with Crippen molar-refractivity contribution in [1.82, 2.24) is 15.3 Å². The first-order valence-corrected chi connectivity index (χ1v) is 9.43. The van der Waals surface area contributed by atoms with E-state index in [0.717, 1.165) is 35.9 Å². The minimum Gasteiger partial charge on any atom is -0.355 e. The third-order valence-electron chi connectivity index (χ3n) is 3.72. The van der Waals surface area contributed by atoms with Crippen molar-refractivity contribution in [3.63, 3.8) is 0 Å². The first-order chi connectivity index (χ1) is 10.7. The number of aromatic nitrogens is 2. The van der Waals surface area contributed by atoms with Crippen LogP contribution < -0.4 is 10.9 Å². The molecule has 0 saturated heterocycles. The molecule has 2 heterocycles. The molecule has 0 fully saturated rings. The molecule has 1 aliphatic carbocycles. The molecule has 22 heavy (non-hydrogen) atoms. The van der Waals surface area contributed by atoms with Crippen LogP contribution in [0.5, 0.6) is 0 Å². The molecule has 2 aromatic heterocycles. The Hall–Kier alpha value is -1.34. The molecule has 1 amide bonds. The Morgan fingerprint density at radius 3 is 3.05 bits per heavy atom. The zero-order valence-electron chi connectivity index (χ0n) is 12.5. The number of carbonyl (C=O) groups excluding carboxylic acids is 1. The summed E-state index contributed by atoms with van der Waals surface area (Å²) in [5.41, 5.74) is 1.12. The molecule has 0 spiro atoms. The van der Waals surface area contributed by atoms with Gasteiger partial charge in [-0.3, -0.25) is 9.59 Å². The second-order valence-electron chi connectivity index (χ2n) is 5.40. The van der Waals surface area contributed by atoms with Crippen molar-refractivity contribution in [2.24, 2.45) is 0 Å². The normalized spacial score (nSPS) is 14.0. The summed E-state index contributed by atoms with van der Waals surface area (Å²) in [5, 5.41) is 4.11. The number of hydrogen-bond donors (Lipinski definition) is 2. The molecule has 0 bridgehead atoms. The molecule has 3 rings (SSSR count). The fraction of sp³-hybridized carbons (Fsp3) is 0.533. The molecule has 0 aliphatic heterocycles. The van der Waals surface area contributed by atoms with Crippen LogP contribution in [0.4, 0.5) is 0 Å². The second-order valence-corrected chi connectivity index (χ2v) is 7.45. The molecule has 1 aliphatic rings. The van der Waals surface area contributed by atoms with E-state index in [1.165, 1.54) is 28.6 Å². The lowest BCUT2D eigenvalue weighted by molar-refractivity contribution is -0.118. The van der Waals surface area contributed by atoms with E-state index in [2.05, 4.69) is 15.3 Å². The van der Waals surface area contributed by atoms with Gasteiger partial charge >= 0.3 is 0 Å². The van der Waals surface area contributed by atoms with Crippen molar-refractivity contribution in [1.29, 1.82) is 0 Å². The summed E-state index contributed by atoms with van der Waals surface area (Å²) in [6.45, 7) is 2.69. The molecule has 2 N–H and O–H groups in total. The van der Waals surface area contributed by atoms with Crippen molar-refractivity contribution in [2.75, 3.05) is 12.3 Å².